The van der Waals surface area contributed by atoms with Crippen molar-refractivity contribution in [3.63, 3.8) is 0 Å². The third-order valence-electron chi connectivity index (χ3n) is 5.65. The van der Waals surface area contributed by atoms with Gasteiger partial charge in [-0.2, -0.15) is 0 Å². The number of hydrogen-bond donors (Lipinski definition) is 1. The lowest BCUT2D eigenvalue weighted by Crippen LogP contribution is -2.46. The van der Waals surface area contributed by atoms with Crippen molar-refractivity contribution in [3.8, 4) is 11.5 Å². The van der Waals surface area contributed by atoms with Crippen LogP contribution >= 0.6 is 0 Å². The molecule has 6 heteroatoms. The van der Waals surface area contributed by atoms with Crippen LogP contribution in [0.15, 0.2) is 72.8 Å². The molecule has 1 atom stereocenters. The van der Waals surface area contributed by atoms with Gasteiger partial charge in [-0.15, -0.1) is 0 Å². The Hall–Kier alpha value is -3.80. The molecule has 1 unspecified atom stereocenters. The minimum Gasteiger partial charge on any atom is -0.497 e. The highest BCUT2D eigenvalue weighted by molar-refractivity contribution is 5.92. The van der Waals surface area contributed by atoms with Crippen molar-refractivity contribution in [2.24, 2.45) is 0 Å². The molecule has 0 spiro atoms. The van der Waals surface area contributed by atoms with E-state index in [0.29, 0.717) is 31.0 Å². The summed E-state index contributed by atoms with van der Waals surface area (Å²) in [7, 11) is 3.17. The molecule has 0 aliphatic carbocycles. The van der Waals surface area contributed by atoms with E-state index in [1.165, 1.54) is 0 Å². The predicted molar refractivity (Wildman–Crippen MR) is 121 cm³/mol. The van der Waals surface area contributed by atoms with E-state index in [4.69, 9.17) is 9.47 Å². The molecule has 0 radical (unpaired) electrons. The van der Waals surface area contributed by atoms with Crippen molar-refractivity contribution in [1.29, 1.82) is 0 Å². The zero-order valence-electron chi connectivity index (χ0n) is 18.2. The van der Waals surface area contributed by atoms with E-state index in [1.54, 1.807) is 25.2 Å². The predicted octanol–water partition coefficient (Wildman–Crippen LogP) is 3.65. The summed E-state index contributed by atoms with van der Waals surface area (Å²) in [5.74, 6) is 1.02. The number of amides is 2. The SMILES string of the molecule is COc1cc(CNC(=O)C2c3ccccc3CC(=O)N2Cc2ccccc2)cc(OC)c1. The fourth-order valence-corrected chi connectivity index (χ4v) is 4.03. The van der Waals surface area contributed by atoms with Crippen molar-refractivity contribution in [2.45, 2.75) is 25.6 Å². The minimum absolute atomic E-state index is 0.0595. The summed E-state index contributed by atoms with van der Waals surface area (Å²) in [5.41, 5.74) is 3.59. The van der Waals surface area contributed by atoms with Crippen molar-refractivity contribution in [1.82, 2.24) is 10.2 Å². The number of ether oxygens (including phenoxy) is 2. The van der Waals surface area contributed by atoms with Gasteiger partial charge >= 0.3 is 0 Å². The van der Waals surface area contributed by atoms with Gasteiger partial charge in [0, 0.05) is 19.2 Å². The van der Waals surface area contributed by atoms with Gasteiger partial charge in [-0.1, -0.05) is 54.6 Å². The first-order chi connectivity index (χ1) is 15.6. The maximum absolute atomic E-state index is 13.4. The lowest BCUT2D eigenvalue weighted by molar-refractivity contribution is -0.142. The first kappa shape index (κ1) is 21.4. The zero-order valence-corrected chi connectivity index (χ0v) is 18.2. The van der Waals surface area contributed by atoms with Crippen LogP contribution in [0, 0.1) is 0 Å². The van der Waals surface area contributed by atoms with E-state index in [9.17, 15) is 9.59 Å². The average Bonchev–Trinajstić information content (AvgIpc) is 2.83. The molecular formula is C26H26N2O4. The summed E-state index contributed by atoms with van der Waals surface area (Å²) in [6.45, 7) is 0.664. The van der Waals surface area contributed by atoms with Crippen LogP contribution in [-0.4, -0.2) is 30.9 Å². The Kier molecular flexibility index (Phi) is 6.40. The van der Waals surface area contributed by atoms with Gasteiger partial charge in [0.15, 0.2) is 0 Å². The molecule has 1 heterocycles. The summed E-state index contributed by atoms with van der Waals surface area (Å²) in [5, 5.41) is 3.00. The van der Waals surface area contributed by atoms with Gasteiger partial charge in [0.25, 0.3) is 0 Å². The van der Waals surface area contributed by atoms with Crippen molar-refractivity contribution >= 4 is 11.8 Å². The molecule has 164 valence electrons. The van der Waals surface area contributed by atoms with Gasteiger partial charge in [-0.3, -0.25) is 9.59 Å². The van der Waals surface area contributed by atoms with Crippen LogP contribution in [0.3, 0.4) is 0 Å². The van der Waals surface area contributed by atoms with E-state index in [-0.39, 0.29) is 11.8 Å². The van der Waals surface area contributed by atoms with Gasteiger partial charge in [-0.05, 0) is 34.4 Å². The van der Waals surface area contributed by atoms with Gasteiger partial charge in [0.1, 0.15) is 17.5 Å². The Morgan fingerprint density at radius 3 is 2.28 bits per heavy atom. The molecule has 0 saturated heterocycles. The van der Waals surface area contributed by atoms with Crippen LogP contribution in [0.5, 0.6) is 11.5 Å². The van der Waals surface area contributed by atoms with E-state index >= 15 is 0 Å². The summed E-state index contributed by atoms with van der Waals surface area (Å²) < 4.78 is 10.6. The highest BCUT2D eigenvalue weighted by atomic mass is 16.5. The quantitative estimate of drug-likeness (QED) is 0.621. The highest BCUT2D eigenvalue weighted by Crippen LogP contribution is 2.32. The van der Waals surface area contributed by atoms with Gasteiger partial charge in [0.2, 0.25) is 11.8 Å². The maximum Gasteiger partial charge on any atom is 0.247 e. The molecule has 6 nitrogen and oxygen atoms in total. The molecule has 3 aromatic carbocycles. The zero-order chi connectivity index (χ0) is 22.5. The second-order valence-electron chi connectivity index (χ2n) is 7.72. The number of methoxy groups -OCH3 is 2. The number of nitrogens with zero attached hydrogens (tertiary/aromatic N) is 1. The number of hydrogen-bond acceptors (Lipinski definition) is 4. The second-order valence-corrected chi connectivity index (χ2v) is 7.72. The van der Waals surface area contributed by atoms with E-state index in [0.717, 1.165) is 22.3 Å². The van der Waals surface area contributed by atoms with Crippen LogP contribution in [0.1, 0.15) is 28.3 Å². The Bertz CT molecular complexity index is 1090. The van der Waals surface area contributed by atoms with Crippen molar-refractivity contribution in [3.05, 3.63) is 95.1 Å². The number of carbonyl (C=O) groups excluding carboxylic acids is 2. The monoisotopic (exact) mass is 430 g/mol. The van der Waals surface area contributed by atoms with Crippen LogP contribution in [0.4, 0.5) is 0 Å². The van der Waals surface area contributed by atoms with Crippen molar-refractivity contribution < 1.29 is 19.1 Å². The fourth-order valence-electron chi connectivity index (χ4n) is 4.03. The molecule has 1 aliphatic rings. The molecule has 2 amide bonds. The van der Waals surface area contributed by atoms with Gasteiger partial charge < -0.3 is 19.7 Å². The summed E-state index contributed by atoms with van der Waals surface area (Å²) in [4.78, 5) is 28.1. The third-order valence-corrected chi connectivity index (χ3v) is 5.65. The smallest absolute Gasteiger partial charge is 0.247 e. The molecular weight excluding hydrogens is 404 g/mol. The van der Waals surface area contributed by atoms with Crippen LogP contribution in [-0.2, 0) is 29.1 Å². The van der Waals surface area contributed by atoms with E-state index in [2.05, 4.69) is 5.32 Å². The molecule has 1 aliphatic heterocycles. The van der Waals surface area contributed by atoms with Crippen LogP contribution in [0.2, 0.25) is 0 Å². The third kappa shape index (κ3) is 4.59. The average molecular weight is 431 g/mol. The number of fused-ring (bicyclic) bond motifs is 1. The summed E-state index contributed by atoms with van der Waals surface area (Å²) in [6, 6.07) is 22.2. The van der Waals surface area contributed by atoms with E-state index < -0.39 is 6.04 Å². The van der Waals surface area contributed by atoms with Crippen molar-refractivity contribution in [2.75, 3.05) is 14.2 Å². The lowest BCUT2D eigenvalue weighted by Gasteiger charge is -2.36. The number of rotatable bonds is 7. The molecule has 32 heavy (non-hydrogen) atoms. The Labute approximate surface area is 187 Å². The van der Waals surface area contributed by atoms with Gasteiger partial charge in [0.05, 0.1) is 20.6 Å². The number of benzene rings is 3. The standard InChI is InChI=1S/C26H26N2O4/c1-31-21-12-19(13-22(15-21)32-2)16-27-26(30)25-23-11-7-6-10-20(23)14-24(29)28(25)17-18-8-4-3-5-9-18/h3-13,15,25H,14,16-17H2,1-2H3,(H,27,30). The largest absolute Gasteiger partial charge is 0.497 e. The number of nitrogens with one attached hydrogen (secondary N) is 1. The first-order valence-corrected chi connectivity index (χ1v) is 10.5. The van der Waals surface area contributed by atoms with E-state index in [1.807, 2.05) is 66.7 Å². The maximum atomic E-state index is 13.4. The Balaban J connectivity index is 1.60. The molecule has 4 rings (SSSR count). The Morgan fingerprint density at radius 1 is 0.938 bits per heavy atom. The topological polar surface area (TPSA) is 67.9 Å². The fraction of sp³-hybridized carbons (Fsp3) is 0.231. The normalized spacial score (nSPS) is 15.1. The summed E-state index contributed by atoms with van der Waals surface area (Å²) in [6.07, 6.45) is 0.292. The Morgan fingerprint density at radius 2 is 1.59 bits per heavy atom. The molecule has 0 fully saturated rings. The molecule has 0 saturated carbocycles. The first-order valence-electron chi connectivity index (χ1n) is 10.5. The summed E-state index contributed by atoms with van der Waals surface area (Å²) >= 11 is 0. The van der Waals surface area contributed by atoms with Crippen LogP contribution in [0.25, 0.3) is 0 Å². The van der Waals surface area contributed by atoms with Crippen LogP contribution < -0.4 is 14.8 Å². The number of carbonyl (C=O) groups is 2. The molecule has 1 N–H and O–H groups in total. The highest BCUT2D eigenvalue weighted by Gasteiger charge is 2.36. The van der Waals surface area contributed by atoms with Gasteiger partial charge in [-0.25, -0.2) is 0 Å². The lowest BCUT2D eigenvalue weighted by atomic mass is 9.91. The minimum atomic E-state index is -0.694. The molecule has 0 bridgehead atoms. The molecule has 0 aromatic heterocycles. The second kappa shape index (κ2) is 9.56. The molecule has 3 aromatic rings.